The van der Waals surface area contributed by atoms with Gasteiger partial charge in [0.05, 0.1) is 11.1 Å². The highest BCUT2D eigenvalue weighted by Gasteiger charge is 2.10. The molecule has 1 N–H and O–H groups in total. The van der Waals surface area contributed by atoms with Crippen LogP contribution in [0.5, 0.6) is 17.2 Å². The zero-order valence-corrected chi connectivity index (χ0v) is 18.2. The summed E-state index contributed by atoms with van der Waals surface area (Å²) in [6.07, 6.45) is 0.970. The Labute approximate surface area is 177 Å². The molecular weight excluding hydrogens is 470 g/mol. The fourth-order valence-corrected chi connectivity index (χ4v) is 4.00. The molecule has 0 aliphatic carbocycles. The van der Waals surface area contributed by atoms with Crippen LogP contribution in [0.15, 0.2) is 75.7 Å². The third-order valence-corrected chi connectivity index (χ3v) is 4.90. The molecule has 0 unspecified atom stereocenters. The second-order valence-electron chi connectivity index (χ2n) is 6.02. The topological polar surface area (TPSA) is 30.5 Å². The number of benzene rings is 3. The van der Waals surface area contributed by atoms with Gasteiger partial charge in [-0.2, -0.15) is 0 Å². The first-order chi connectivity index (χ1) is 13.2. The largest absolute Gasteiger partial charge is 0.492 e. The monoisotopic (exact) mass is 489 g/mol. The van der Waals surface area contributed by atoms with Crippen molar-refractivity contribution < 1.29 is 9.47 Å². The van der Waals surface area contributed by atoms with Crippen LogP contribution in [0.2, 0.25) is 0 Å². The van der Waals surface area contributed by atoms with E-state index in [4.69, 9.17) is 9.47 Å². The van der Waals surface area contributed by atoms with Crippen molar-refractivity contribution >= 4 is 37.5 Å². The van der Waals surface area contributed by atoms with Gasteiger partial charge < -0.3 is 14.8 Å². The molecule has 0 aliphatic heterocycles. The summed E-state index contributed by atoms with van der Waals surface area (Å²) in [6, 6.07) is 21.8. The van der Waals surface area contributed by atoms with Crippen LogP contribution in [0.1, 0.15) is 18.9 Å². The second kappa shape index (κ2) is 9.81. The van der Waals surface area contributed by atoms with Gasteiger partial charge in [-0.1, -0.05) is 41.1 Å². The van der Waals surface area contributed by atoms with Crippen LogP contribution in [0.4, 0.5) is 5.69 Å². The van der Waals surface area contributed by atoms with Crippen LogP contribution in [0, 0.1) is 0 Å². The van der Waals surface area contributed by atoms with Gasteiger partial charge in [0.25, 0.3) is 0 Å². The van der Waals surface area contributed by atoms with E-state index in [-0.39, 0.29) is 0 Å². The summed E-state index contributed by atoms with van der Waals surface area (Å²) in [4.78, 5) is 0. The summed E-state index contributed by atoms with van der Waals surface area (Å²) in [7, 11) is 0. The lowest BCUT2D eigenvalue weighted by molar-refractivity contribution is 0.312. The number of rotatable bonds is 8. The fraction of sp³-hybridized carbons (Fsp3) is 0.182. The molecule has 140 valence electrons. The van der Waals surface area contributed by atoms with Gasteiger partial charge >= 0.3 is 0 Å². The van der Waals surface area contributed by atoms with Crippen molar-refractivity contribution in [3.8, 4) is 17.2 Å². The molecule has 0 bridgehead atoms. The molecule has 0 radical (unpaired) electrons. The van der Waals surface area contributed by atoms with E-state index in [1.54, 1.807) is 0 Å². The van der Waals surface area contributed by atoms with Gasteiger partial charge in [-0.15, -0.1) is 0 Å². The minimum absolute atomic E-state index is 0.663. The Balaban J connectivity index is 1.66. The Kier molecular flexibility index (Phi) is 7.18. The molecule has 0 aromatic heterocycles. The molecule has 0 saturated heterocycles. The van der Waals surface area contributed by atoms with E-state index in [1.807, 2.05) is 60.7 Å². The first-order valence-electron chi connectivity index (χ1n) is 8.83. The smallest absolute Gasteiger partial charge is 0.138 e. The maximum Gasteiger partial charge on any atom is 0.138 e. The highest BCUT2D eigenvalue weighted by Crippen LogP contribution is 2.33. The van der Waals surface area contributed by atoms with Crippen LogP contribution in [-0.4, -0.2) is 6.61 Å². The minimum atomic E-state index is 0.663. The molecule has 3 aromatic carbocycles. The number of para-hydroxylation sites is 1. The van der Waals surface area contributed by atoms with Crippen molar-refractivity contribution in [3.63, 3.8) is 0 Å². The number of hydrogen-bond donors (Lipinski definition) is 1. The summed E-state index contributed by atoms with van der Waals surface area (Å²) < 4.78 is 13.7. The van der Waals surface area contributed by atoms with Crippen LogP contribution in [0.25, 0.3) is 0 Å². The van der Waals surface area contributed by atoms with Gasteiger partial charge in [-0.3, -0.25) is 0 Å². The Morgan fingerprint density at radius 2 is 1.59 bits per heavy atom. The standard InChI is InChI=1S/C22H21Br2NO2/c1-2-12-26-22-16(13-17(23)14-21(22)24)15-25-18-8-10-20(11-9-18)27-19-6-4-3-5-7-19/h3-11,13-14,25H,2,12,15H2,1H3. The first-order valence-corrected chi connectivity index (χ1v) is 10.4. The van der Waals surface area contributed by atoms with Crippen molar-refractivity contribution in [2.45, 2.75) is 19.9 Å². The maximum absolute atomic E-state index is 5.92. The third-order valence-electron chi connectivity index (χ3n) is 3.85. The van der Waals surface area contributed by atoms with Gasteiger partial charge in [-0.25, -0.2) is 0 Å². The number of halogens is 2. The van der Waals surface area contributed by atoms with E-state index < -0.39 is 0 Å². The molecule has 0 aliphatic rings. The summed E-state index contributed by atoms with van der Waals surface area (Å²) in [6.45, 7) is 3.46. The Morgan fingerprint density at radius 1 is 0.889 bits per heavy atom. The molecule has 0 saturated carbocycles. The quantitative estimate of drug-likeness (QED) is 0.356. The average molecular weight is 491 g/mol. The number of hydrogen-bond acceptors (Lipinski definition) is 3. The zero-order chi connectivity index (χ0) is 19.1. The lowest BCUT2D eigenvalue weighted by Gasteiger charge is -2.15. The summed E-state index contributed by atoms with van der Waals surface area (Å²) in [5.74, 6) is 2.52. The van der Waals surface area contributed by atoms with Crippen molar-refractivity contribution in [1.29, 1.82) is 0 Å². The molecule has 0 heterocycles. The Hall–Kier alpha value is -1.98. The van der Waals surface area contributed by atoms with E-state index in [0.717, 1.165) is 43.9 Å². The van der Waals surface area contributed by atoms with E-state index in [0.29, 0.717) is 13.2 Å². The normalized spacial score (nSPS) is 10.5. The number of nitrogens with one attached hydrogen (secondary N) is 1. The molecule has 0 fully saturated rings. The van der Waals surface area contributed by atoms with Crippen LogP contribution < -0.4 is 14.8 Å². The Morgan fingerprint density at radius 3 is 2.30 bits per heavy atom. The molecular formula is C22H21Br2NO2. The number of ether oxygens (including phenoxy) is 2. The van der Waals surface area contributed by atoms with E-state index >= 15 is 0 Å². The molecule has 3 rings (SSSR count). The van der Waals surface area contributed by atoms with Gasteiger partial charge in [0.15, 0.2) is 0 Å². The molecule has 0 atom stereocenters. The van der Waals surface area contributed by atoms with Gasteiger partial charge in [-0.05, 0) is 70.9 Å². The van der Waals surface area contributed by atoms with E-state index in [2.05, 4.69) is 50.2 Å². The van der Waals surface area contributed by atoms with Gasteiger partial charge in [0, 0.05) is 22.3 Å². The molecule has 3 aromatic rings. The summed E-state index contributed by atoms with van der Waals surface area (Å²) in [5.41, 5.74) is 2.11. The first kappa shape index (κ1) is 19.8. The molecule has 0 spiro atoms. The maximum atomic E-state index is 5.92. The third kappa shape index (κ3) is 5.75. The summed E-state index contributed by atoms with van der Waals surface area (Å²) >= 11 is 7.15. The molecule has 5 heteroatoms. The van der Waals surface area contributed by atoms with Gasteiger partial charge in [0.1, 0.15) is 17.2 Å². The summed E-state index contributed by atoms with van der Waals surface area (Å²) in [5, 5.41) is 3.45. The zero-order valence-electron chi connectivity index (χ0n) is 15.0. The van der Waals surface area contributed by atoms with Crippen molar-refractivity contribution in [2.75, 3.05) is 11.9 Å². The minimum Gasteiger partial charge on any atom is -0.492 e. The molecule has 3 nitrogen and oxygen atoms in total. The second-order valence-corrected chi connectivity index (χ2v) is 7.79. The SMILES string of the molecule is CCCOc1c(Br)cc(Br)cc1CNc1ccc(Oc2ccccc2)cc1. The highest BCUT2D eigenvalue weighted by atomic mass is 79.9. The van der Waals surface area contributed by atoms with E-state index in [1.165, 1.54) is 0 Å². The lowest BCUT2D eigenvalue weighted by atomic mass is 10.2. The van der Waals surface area contributed by atoms with Crippen molar-refractivity contribution in [2.24, 2.45) is 0 Å². The van der Waals surface area contributed by atoms with Gasteiger partial charge in [0.2, 0.25) is 0 Å². The Bertz CT molecular complexity index is 867. The predicted molar refractivity (Wildman–Crippen MR) is 118 cm³/mol. The van der Waals surface area contributed by atoms with E-state index in [9.17, 15) is 0 Å². The average Bonchev–Trinajstić information content (AvgIpc) is 2.67. The van der Waals surface area contributed by atoms with Crippen molar-refractivity contribution in [1.82, 2.24) is 0 Å². The van der Waals surface area contributed by atoms with Crippen LogP contribution in [0.3, 0.4) is 0 Å². The van der Waals surface area contributed by atoms with Crippen molar-refractivity contribution in [3.05, 3.63) is 81.2 Å². The fourth-order valence-electron chi connectivity index (χ4n) is 2.57. The number of anilines is 1. The highest BCUT2D eigenvalue weighted by molar-refractivity contribution is 9.11. The van der Waals surface area contributed by atoms with Crippen LogP contribution >= 0.6 is 31.9 Å². The predicted octanol–water partition coefficient (Wildman–Crippen LogP) is 7.40. The lowest BCUT2D eigenvalue weighted by Crippen LogP contribution is -2.05. The van der Waals surface area contributed by atoms with Crippen LogP contribution in [-0.2, 0) is 6.54 Å². The molecule has 27 heavy (non-hydrogen) atoms. The molecule has 0 amide bonds.